The largest absolute Gasteiger partial charge is 0.480 e. The monoisotopic (exact) mass is 254 g/mol. The van der Waals surface area contributed by atoms with Gasteiger partial charge in [0.15, 0.2) is 0 Å². The molecule has 1 unspecified atom stereocenters. The number of halogens is 3. The fourth-order valence-corrected chi connectivity index (χ4v) is 0.632. The van der Waals surface area contributed by atoms with E-state index in [1.165, 1.54) is 0 Å². The van der Waals surface area contributed by atoms with Crippen LogP contribution in [-0.4, -0.2) is 23.7 Å². The highest BCUT2D eigenvalue weighted by atomic mass is 35.5. The first-order valence-corrected chi connectivity index (χ1v) is 3.37. The van der Waals surface area contributed by atoms with Gasteiger partial charge in [0.2, 0.25) is 0 Å². The van der Waals surface area contributed by atoms with Gasteiger partial charge in [-0.05, 0) is 19.4 Å². The first-order valence-electron chi connectivity index (χ1n) is 3.37. The van der Waals surface area contributed by atoms with Crippen LogP contribution < -0.4 is 11.5 Å². The summed E-state index contributed by atoms with van der Waals surface area (Å²) in [4.78, 5) is 10.1. The fraction of sp³-hybridized carbons (Fsp3) is 0.833. The van der Waals surface area contributed by atoms with E-state index in [0.717, 1.165) is 12.8 Å². The molecule has 5 N–H and O–H groups in total. The highest BCUT2D eigenvalue weighted by molar-refractivity contribution is 5.86. The summed E-state index contributed by atoms with van der Waals surface area (Å²) in [5.41, 5.74) is 10.4. The van der Waals surface area contributed by atoms with Crippen LogP contribution >= 0.6 is 37.2 Å². The smallest absolute Gasteiger partial charge is 0.320 e. The quantitative estimate of drug-likeness (QED) is 0.634. The Balaban J connectivity index is -0.000000135. The molecule has 7 heteroatoms. The van der Waals surface area contributed by atoms with Crippen LogP contribution in [0.4, 0.5) is 0 Å². The topological polar surface area (TPSA) is 89.3 Å². The number of carbonyl (C=O) groups is 1. The predicted molar refractivity (Wildman–Crippen MR) is 60.3 cm³/mol. The maximum absolute atomic E-state index is 10.1. The Labute approximate surface area is 96.7 Å². The Morgan fingerprint density at radius 2 is 1.69 bits per heavy atom. The first-order chi connectivity index (χ1) is 4.68. The molecule has 0 saturated carbocycles. The van der Waals surface area contributed by atoms with E-state index in [4.69, 9.17) is 16.6 Å². The molecular formula is C6H17Cl3N2O2. The standard InChI is InChI=1S/C6H14N2O2.3ClH/c7-4-2-1-3-5(8)6(9)10;;;/h5H,1-4,7-8H2,(H,9,10);3*1H. The van der Waals surface area contributed by atoms with Crippen molar-refractivity contribution in [3.63, 3.8) is 0 Å². The van der Waals surface area contributed by atoms with Gasteiger partial charge in [0.25, 0.3) is 0 Å². The van der Waals surface area contributed by atoms with Gasteiger partial charge in [-0.15, -0.1) is 37.2 Å². The Hall–Kier alpha value is 0.260. The molecular weight excluding hydrogens is 238 g/mol. The number of unbranched alkanes of at least 4 members (excludes halogenated alkanes) is 1. The molecule has 0 saturated heterocycles. The van der Waals surface area contributed by atoms with Gasteiger partial charge < -0.3 is 16.6 Å². The van der Waals surface area contributed by atoms with Gasteiger partial charge in [0.1, 0.15) is 6.04 Å². The van der Waals surface area contributed by atoms with Gasteiger partial charge in [-0.3, -0.25) is 4.79 Å². The van der Waals surface area contributed by atoms with Crippen molar-refractivity contribution in [3.05, 3.63) is 0 Å². The van der Waals surface area contributed by atoms with Crippen molar-refractivity contribution < 1.29 is 9.90 Å². The lowest BCUT2D eigenvalue weighted by Crippen LogP contribution is -2.29. The SMILES string of the molecule is Cl.Cl.Cl.NCCCCC(N)C(=O)O. The van der Waals surface area contributed by atoms with E-state index in [9.17, 15) is 4.79 Å². The lowest BCUT2D eigenvalue weighted by atomic mass is 10.1. The van der Waals surface area contributed by atoms with Crippen LogP contribution in [0.3, 0.4) is 0 Å². The molecule has 0 aromatic heterocycles. The number of rotatable bonds is 5. The zero-order valence-electron chi connectivity index (χ0n) is 7.14. The summed E-state index contributed by atoms with van der Waals surface area (Å²) >= 11 is 0. The van der Waals surface area contributed by atoms with Crippen molar-refractivity contribution >= 4 is 43.2 Å². The molecule has 0 aliphatic heterocycles. The van der Waals surface area contributed by atoms with E-state index in [1.54, 1.807) is 0 Å². The highest BCUT2D eigenvalue weighted by Crippen LogP contribution is 1.96. The first kappa shape index (κ1) is 23.2. The summed E-state index contributed by atoms with van der Waals surface area (Å²) in [5.74, 6) is -0.933. The Bertz CT molecular complexity index is 116. The summed E-state index contributed by atoms with van der Waals surface area (Å²) in [6.07, 6.45) is 2.16. The summed E-state index contributed by atoms with van der Waals surface area (Å²) in [6, 6.07) is -0.716. The minimum atomic E-state index is -0.933. The molecule has 1 atom stereocenters. The molecule has 0 rings (SSSR count). The van der Waals surface area contributed by atoms with Crippen molar-refractivity contribution in [1.29, 1.82) is 0 Å². The van der Waals surface area contributed by atoms with Crippen molar-refractivity contribution in [2.24, 2.45) is 11.5 Å². The number of hydrogen-bond acceptors (Lipinski definition) is 3. The molecule has 84 valence electrons. The Morgan fingerprint density at radius 3 is 2.00 bits per heavy atom. The van der Waals surface area contributed by atoms with Crippen molar-refractivity contribution in [2.75, 3.05) is 6.54 Å². The number of nitrogens with two attached hydrogens (primary N) is 2. The average Bonchev–Trinajstić information content (AvgIpc) is 1.88. The van der Waals surface area contributed by atoms with Crippen molar-refractivity contribution in [2.45, 2.75) is 25.3 Å². The number of carboxylic acid groups (broad SMARTS) is 1. The fourth-order valence-electron chi connectivity index (χ4n) is 0.632. The third kappa shape index (κ3) is 15.1. The number of carboxylic acids is 1. The summed E-state index contributed by atoms with van der Waals surface area (Å²) in [7, 11) is 0. The van der Waals surface area contributed by atoms with Crippen molar-refractivity contribution in [3.8, 4) is 0 Å². The molecule has 0 radical (unpaired) electrons. The van der Waals surface area contributed by atoms with Gasteiger partial charge in [-0.25, -0.2) is 0 Å². The third-order valence-corrected chi connectivity index (χ3v) is 1.29. The van der Waals surface area contributed by atoms with Gasteiger partial charge in [0.05, 0.1) is 0 Å². The highest BCUT2D eigenvalue weighted by Gasteiger charge is 2.09. The van der Waals surface area contributed by atoms with E-state index in [0.29, 0.717) is 13.0 Å². The van der Waals surface area contributed by atoms with Crippen LogP contribution in [0.1, 0.15) is 19.3 Å². The third-order valence-electron chi connectivity index (χ3n) is 1.29. The molecule has 0 aliphatic rings. The van der Waals surface area contributed by atoms with Gasteiger partial charge in [-0.2, -0.15) is 0 Å². The Morgan fingerprint density at radius 1 is 1.23 bits per heavy atom. The molecule has 0 heterocycles. The molecule has 4 nitrogen and oxygen atoms in total. The van der Waals surface area contributed by atoms with Crippen molar-refractivity contribution in [1.82, 2.24) is 0 Å². The van der Waals surface area contributed by atoms with Gasteiger partial charge in [0, 0.05) is 0 Å². The summed E-state index contributed by atoms with van der Waals surface area (Å²) < 4.78 is 0. The van der Waals surface area contributed by atoms with Gasteiger partial charge in [-0.1, -0.05) is 6.42 Å². The van der Waals surface area contributed by atoms with Crippen LogP contribution in [0.25, 0.3) is 0 Å². The van der Waals surface area contributed by atoms with Crippen LogP contribution in [0.5, 0.6) is 0 Å². The molecule has 0 fully saturated rings. The maximum atomic E-state index is 10.1. The number of hydrogen-bond donors (Lipinski definition) is 3. The maximum Gasteiger partial charge on any atom is 0.320 e. The second kappa shape index (κ2) is 14.8. The zero-order chi connectivity index (χ0) is 7.98. The molecule has 0 aromatic carbocycles. The lowest BCUT2D eigenvalue weighted by molar-refractivity contribution is -0.138. The molecule has 0 spiro atoms. The minimum Gasteiger partial charge on any atom is -0.480 e. The van der Waals surface area contributed by atoms with E-state index in [-0.39, 0.29) is 37.2 Å². The molecule has 13 heavy (non-hydrogen) atoms. The molecule has 0 aliphatic carbocycles. The molecule has 0 aromatic rings. The predicted octanol–water partition coefficient (Wildman–Crippen LogP) is 0.793. The van der Waals surface area contributed by atoms with E-state index < -0.39 is 12.0 Å². The van der Waals surface area contributed by atoms with E-state index >= 15 is 0 Å². The Kier molecular flexibility index (Phi) is 26.4. The van der Waals surface area contributed by atoms with Crippen LogP contribution in [0.2, 0.25) is 0 Å². The van der Waals surface area contributed by atoms with Gasteiger partial charge >= 0.3 is 5.97 Å². The van der Waals surface area contributed by atoms with Crippen LogP contribution in [0.15, 0.2) is 0 Å². The summed E-state index contributed by atoms with van der Waals surface area (Å²) in [6.45, 7) is 0.604. The second-order valence-corrected chi connectivity index (χ2v) is 2.23. The van der Waals surface area contributed by atoms with Crippen LogP contribution in [0, 0.1) is 0 Å². The molecule has 0 bridgehead atoms. The second-order valence-electron chi connectivity index (χ2n) is 2.23. The lowest BCUT2D eigenvalue weighted by Gasteiger charge is -2.03. The number of aliphatic carboxylic acids is 1. The zero-order valence-corrected chi connectivity index (χ0v) is 9.59. The normalized spacial score (nSPS) is 10.0. The average molecular weight is 256 g/mol. The van der Waals surface area contributed by atoms with E-state index in [2.05, 4.69) is 0 Å². The summed E-state index contributed by atoms with van der Waals surface area (Å²) in [5, 5.41) is 8.33. The van der Waals surface area contributed by atoms with E-state index in [1.807, 2.05) is 0 Å². The minimum absolute atomic E-state index is 0. The molecule has 0 amide bonds. The van der Waals surface area contributed by atoms with Crippen LogP contribution in [-0.2, 0) is 4.79 Å².